The van der Waals surface area contributed by atoms with Crippen LogP contribution < -0.4 is 5.32 Å². The normalized spacial score (nSPS) is 19.9. The summed E-state index contributed by atoms with van der Waals surface area (Å²) in [5.41, 5.74) is 2.53. The van der Waals surface area contributed by atoms with Gasteiger partial charge < -0.3 is 10.1 Å². The monoisotopic (exact) mass is 261 g/mol. The summed E-state index contributed by atoms with van der Waals surface area (Å²) in [6.07, 6.45) is 1.63. The minimum Gasteiger partial charge on any atom is -0.461 e. The number of carbonyl (C=O) groups is 1. The predicted octanol–water partition coefficient (Wildman–Crippen LogP) is 2.68. The first-order chi connectivity index (χ1) is 9.06. The van der Waals surface area contributed by atoms with Crippen LogP contribution in [-0.2, 0) is 22.5 Å². The third kappa shape index (κ3) is 3.80. The van der Waals surface area contributed by atoms with Crippen LogP contribution in [0.5, 0.6) is 0 Å². The van der Waals surface area contributed by atoms with E-state index in [-0.39, 0.29) is 18.1 Å². The first kappa shape index (κ1) is 14.1. The summed E-state index contributed by atoms with van der Waals surface area (Å²) in [7, 11) is 0. The molecule has 2 rings (SSSR count). The molecule has 2 atom stereocenters. The summed E-state index contributed by atoms with van der Waals surface area (Å²) >= 11 is 0. The zero-order valence-electron chi connectivity index (χ0n) is 12.0. The molecule has 0 saturated carbocycles. The SMILES string of the molecule is CC(C)CC(C)OC(=O)[C@H]1Cc2ccccc2CN1. The maximum Gasteiger partial charge on any atom is 0.323 e. The van der Waals surface area contributed by atoms with E-state index in [1.165, 1.54) is 11.1 Å². The van der Waals surface area contributed by atoms with Gasteiger partial charge in [-0.3, -0.25) is 4.79 Å². The quantitative estimate of drug-likeness (QED) is 0.847. The number of nitrogens with one attached hydrogen (secondary N) is 1. The van der Waals surface area contributed by atoms with E-state index >= 15 is 0 Å². The Bertz CT molecular complexity index is 442. The summed E-state index contributed by atoms with van der Waals surface area (Å²) < 4.78 is 5.51. The lowest BCUT2D eigenvalue weighted by molar-refractivity contribution is -0.151. The number of hydrogen-bond acceptors (Lipinski definition) is 3. The lowest BCUT2D eigenvalue weighted by Crippen LogP contribution is -2.43. The first-order valence-corrected chi connectivity index (χ1v) is 7.07. The van der Waals surface area contributed by atoms with Crippen molar-refractivity contribution < 1.29 is 9.53 Å². The second-order valence-electron chi connectivity index (χ2n) is 5.78. The molecule has 0 aliphatic carbocycles. The molecule has 1 aromatic rings. The Morgan fingerprint density at radius 1 is 1.32 bits per heavy atom. The lowest BCUT2D eigenvalue weighted by atomic mass is 9.96. The molecule has 0 spiro atoms. The van der Waals surface area contributed by atoms with Gasteiger partial charge in [0.05, 0.1) is 6.10 Å². The van der Waals surface area contributed by atoms with Gasteiger partial charge in [0.1, 0.15) is 6.04 Å². The molecule has 0 saturated heterocycles. The minimum absolute atomic E-state index is 0.00790. The number of esters is 1. The summed E-state index contributed by atoms with van der Waals surface area (Å²) in [6, 6.07) is 8.04. The Morgan fingerprint density at radius 3 is 2.68 bits per heavy atom. The van der Waals surface area contributed by atoms with E-state index in [9.17, 15) is 4.79 Å². The van der Waals surface area contributed by atoms with E-state index in [2.05, 4.69) is 31.3 Å². The topological polar surface area (TPSA) is 38.3 Å². The molecular weight excluding hydrogens is 238 g/mol. The van der Waals surface area contributed by atoms with Crippen LogP contribution in [0.2, 0.25) is 0 Å². The number of carbonyl (C=O) groups excluding carboxylic acids is 1. The number of ether oxygens (including phenoxy) is 1. The van der Waals surface area contributed by atoms with E-state index in [1.54, 1.807) is 0 Å². The smallest absolute Gasteiger partial charge is 0.323 e. The molecule has 0 bridgehead atoms. The molecule has 0 aromatic heterocycles. The Kier molecular flexibility index (Phi) is 4.59. The van der Waals surface area contributed by atoms with E-state index in [1.807, 2.05) is 19.1 Å². The maximum absolute atomic E-state index is 12.1. The van der Waals surface area contributed by atoms with Crippen LogP contribution in [0.3, 0.4) is 0 Å². The summed E-state index contributed by atoms with van der Waals surface area (Å²) in [5, 5.41) is 3.26. The van der Waals surface area contributed by atoms with Crippen molar-refractivity contribution in [1.29, 1.82) is 0 Å². The predicted molar refractivity (Wildman–Crippen MR) is 75.8 cm³/mol. The van der Waals surface area contributed by atoms with Gasteiger partial charge in [-0.1, -0.05) is 38.1 Å². The highest BCUT2D eigenvalue weighted by molar-refractivity contribution is 5.76. The molecule has 1 aliphatic rings. The molecule has 104 valence electrons. The Labute approximate surface area is 115 Å². The fraction of sp³-hybridized carbons (Fsp3) is 0.562. The lowest BCUT2D eigenvalue weighted by Gasteiger charge is -2.26. The van der Waals surface area contributed by atoms with Crippen molar-refractivity contribution in [2.75, 3.05) is 0 Å². The third-order valence-electron chi connectivity index (χ3n) is 3.49. The molecular formula is C16H23NO2. The molecule has 19 heavy (non-hydrogen) atoms. The van der Waals surface area contributed by atoms with Crippen molar-refractivity contribution >= 4 is 5.97 Å². The van der Waals surface area contributed by atoms with E-state index in [0.717, 1.165) is 19.4 Å². The average Bonchev–Trinajstić information content (AvgIpc) is 2.37. The van der Waals surface area contributed by atoms with Crippen LogP contribution >= 0.6 is 0 Å². The molecule has 3 heteroatoms. The second-order valence-corrected chi connectivity index (χ2v) is 5.78. The zero-order chi connectivity index (χ0) is 13.8. The van der Waals surface area contributed by atoms with E-state index in [0.29, 0.717) is 5.92 Å². The van der Waals surface area contributed by atoms with Gasteiger partial charge in [-0.2, -0.15) is 0 Å². The Balaban J connectivity index is 1.92. The highest BCUT2D eigenvalue weighted by atomic mass is 16.5. The largest absolute Gasteiger partial charge is 0.461 e. The van der Waals surface area contributed by atoms with Crippen LogP contribution in [0.1, 0.15) is 38.3 Å². The summed E-state index contributed by atoms with van der Waals surface area (Å²) in [5.74, 6) is 0.422. The van der Waals surface area contributed by atoms with Gasteiger partial charge in [-0.05, 0) is 36.8 Å². The Morgan fingerprint density at radius 2 is 2.00 bits per heavy atom. The van der Waals surface area contributed by atoms with Gasteiger partial charge in [0.25, 0.3) is 0 Å². The van der Waals surface area contributed by atoms with Crippen molar-refractivity contribution in [2.45, 2.75) is 52.3 Å². The fourth-order valence-corrected chi connectivity index (χ4v) is 2.61. The summed E-state index contributed by atoms with van der Waals surface area (Å²) in [6.45, 7) is 6.99. The van der Waals surface area contributed by atoms with Crippen molar-refractivity contribution in [3.8, 4) is 0 Å². The number of benzene rings is 1. The summed E-state index contributed by atoms with van der Waals surface area (Å²) in [4.78, 5) is 12.1. The standard InChI is InChI=1S/C16H23NO2/c1-11(2)8-12(3)19-16(18)15-9-13-6-4-5-7-14(13)10-17-15/h4-7,11-12,15,17H,8-10H2,1-3H3/t12?,15-/m1/s1. The van der Waals surface area contributed by atoms with Gasteiger partial charge in [-0.25, -0.2) is 0 Å². The molecule has 3 nitrogen and oxygen atoms in total. The van der Waals surface area contributed by atoms with Crippen LogP contribution in [-0.4, -0.2) is 18.1 Å². The van der Waals surface area contributed by atoms with Gasteiger partial charge >= 0.3 is 5.97 Å². The number of rotatable bonds is 4. The maximum atomic E-state index is 12.1. The van der Waals surface area contributed by atoms with Crippen molar-refractivity contribution in [1.82, 2.24) is 5.32 Å². The van der Waals surface area contributed by atoms with Crippen LogP contribution in [0.25, 0.3) is 0 Å². The van der Waals surface area contributed by atoms with Crippen molar-refractivity contribution in [3.63, 3.8) is 0 Å². The molecule has 1 unspecified atom stereocenters. The average molecular weight is 261 g/mol. The van der Waals surface area contributed by atoms with E-state index in [4.69, 9.17) is 4.74 Å². The zero-order valence-corrected chi connectivity index (χ0v) is 12.0. The second kappa shape index (κ2) is 6.20. The molecule has 1 heterocycles. The van der Waals surface area contributed by atoms with Crippen LogP contribution in [0.4, 0.5) is 0 Å². The van der Waals surface area contributed by atoms with Gasteiger partial charge in [-0.15, -0.1) is 0 Å². The molecule has 0 amide bonds. The highest BCUT2D eigenvalue weighted by Crippen LogP contribution is 2.18. The molecule has 0 radical (unpaired) electrons. The minimum atomic E-state index is -0.204. The van der Waals surface area contributed by atoms with Gasteiger partial charge in [0, 0.05) is 6.54 Å². The Hall–Kier alpha value is -1.35. The molecule has 1 aliphatic heterocycles. The first-order valence-electron chi connectivity index (χ1n) is 7.07. The highest BCUT2D eigenvalue weighted by Gasteiger charge is 2.26. The molecule has 1 N–H and O–H groups in total. The van der Waals surface area contributed by atoms with Gasteiger partial charge in [0.2, 0.25) is 0 Å². The molecule has 0 fully saturated rings. The van der Waals surface area contributed by atoms with Gasteiger partial charge in [0.15, 0.2) is 0 Å². The third-order valence-corrected chi connectivity index (χ3v) is 3.49. The number of hydrogen-bond donors (Lipinski definition) is 1. The van der Waals surface area contributed by atoms with E-state index < -0.39 is 0 Å². The number of fused-ring (bicyclic) bond motifs is 1. The van der Waals surface area contributed by atoms with Crippen LogP contribution in [0.15, 0.2) is 24.3 Å². The van der Waals surface area contributed by atoms with Crippen molar-refractivity contribution in [3.05, 3.63) is 35.4 Å². The fourth-order valence-electron chi connectivity index (χ4n) is 2.61. The van der Waals surface area contributed by atoms with Crippen LogP contribution in [0, 0.1) is 5.92 Å². The molecule has 1 aromatic carbocycles. The van der Waals surface area contributed by atoms with Crippen molar-refractivity contribution in [2.24, 2.45) is 5.92 Å².